The molecule has 1 aliphatic rings. The van der Waals surface area contributed by atoms with E-state index in [9.17, 15) is 13.2 Å². The van der Waals surface area contributed by atoms with Gasteiger partial charge in [0, 0.05) is 30.0 Å². The number of nitrogens with two attached hydrogens (primary N) is 1. The maximum absolute atomic E-state index is 15.2. The van der Waals surface area contributed by atoms with E-state index in [1.54, 1.807) is 6.07 Å². The van der Waals surface area contributed by atoms with Gasteiger partial charge in [-0.2, -0.15) is 13.2 Å². The molecule has 0 aliphatic carbocycles. The Bertz CT molecular complexity index is 818. The Hall–Kier alpha value is -2.19. The van der Waals surface area contributed by atoms with Gasteiger partial charge in [-0.3, -0.25) is 4.98 Å². The van der Waals surface area contributed by atoms with Crippen LogP contribution in [0.1, 0.15) is 17.0 Å². The number of nitrogens with zero attached hydrogens (tertiary/aromatic N) is 2. The number of alkyl halides is 3. The molecule has 1 aliphatic heterocycles. The fraction of sp³-hybridized carbons (Fsp3) is 0.421. The lowest BCUT2D eigenvalue weighted by molar-refractivity contribution is -0.221. The highest BCUT2D eigenvalue weighted by Crippen LogP contribution is 2.34. The van der Waals surface area contributed by atoms with Crippen LogP contribution in [0.5, 0.6) is 0 Å². The standard InChI is InChI=1S/C19H21F4N3O/c1-11-7-13(8-12(2)25-11)14-3-4-16(18(20)15(14)9-24)26-5-6-27-17(10-26)19(21,22)23/h3-4,7-8,17H,5-6,9-10,24H2,1-2H3/t17-/m0/s1. The van der Waals surface area contributed by atoms with E-state index < -0.39 is 24.6 Å². The van der Waals surface area contributed by atoms with Gasteiger partial charge in [0.05, 0.1) is 18.8 Å². The number of anilines is 1. The van der Waals surface area contributed by atoms with Gasteiger partial charge < -0.3 is 15.4 Å². The first-order chi connectivity index (χ1) is 12.7. The van der Waals surface area contributed by atoms with Crippen LogP contribution in [0, 0.1) is 19.7 Å². The van der Waals surface area contributed by atoms with Crippen molar-refractivity contribution in [2.75, 3.05) is 24.6 Å². The fourth-order valence-corrected chi connectivity index (χ4v) is 3.38. The van der Waals surface area contributed by atoms with Crippen LogP contribution in [-0.4, -0.2) is 37.0 Å². The lowest BCUT2D eigenvalue weighted by atomic mass is 9.97. The van der Waals surface area contributed by atoms with Gasteiger partial charge in [-0.15, -0.1) is 0 Å². The average Bonchev–Trinajstić information content (AvgIpc) is 2.60. The molecular weight excluding hydrogens is 362 g/mol. The Balaban J connectivity index is 2.00. The van der Waals surface area contributed by atoms with E-state index in [1.807, 2.05) is 26.0 Å². The summed E-state index contributed by atoms with van der Waals surface area (Å²) in [6, 6.07) is 6.87. The van der Waals surface area contributed by atoms with Crippen molar-refractivity contribution in [1.29, 1.82) is 0 Å². The number of morpholine rings is 1. The third-order valence-corrected chi connectivity index (χ3v) is 4.59. The van der Waals surface area contributed by atoms with Gasteiger partial charge in [0.1, 0.15) is 0 Å². The second-order valence-electron chi connectivity index (χ2n) is 6.61. The van der Waals surface area contributed by atoms with Gasteiger partial charge in [-0.05, 0) is 43.2 Å². The summed E-state index contributed by atoms with van der Waals surface area (Å²) < 4.78 is 58.9. The van der Waals surface area contributed by atoms with Crippen molar-refractivity contribution in [2.45, 2.75) is 32.7 Å². The molecule has 1 atom stereocenters. The van der Waals surface area contributed by atoms with E-state index in [0.29, 0.717) is 5.56 Å². The normalized spacial score (nSPS) is 18.0. The first kappa shape index (κ1) is 19.6. The molecule has 0 bridgehead atoms. The molecule has 146 valence electrons. The van der Waals surface area contributed by atoms with Gasteiger partial charge in [0.25, 0.3) is 0 Å². The third kappa shape index (κ3) is 4.06. The van der Waals surface area contributed by atoms with Crippen molar-refractivity contribution in [1.82, 2.24) is 4.98 Å². The minimum Gasteiger partial charge on any atom is -0.365 e. The predicted octanol–water partition coefficient (Wildman–Crippen LogP) is 3.73. The van der Waals surface area contributed by atoms with Gasteiger partial charge in [0.15, 0.2) is 11.9 Å². The number of pyridine rings is 1. The second kappa shape index (κ2) is 7.44. The van der Waals surface area contributed by atoms with Crippen molar-refractivity contribution >= 4 is 5.69 Å². The van der Waals surface area contributed by atoms with Gasteiger partial charge >= 0.3 is 6.18 Å². The molecule has 1 aromatic carbocycles. The van der Waals surface area contributed by atoms with Gasteiger partial charge in [-0.1, -0.05) is 6.07 Å². The van der Waals surface area contributed by atoms with Crippen LogP contribution in [-0.2, 0) is 11.3 Å². The summed E-state index contributed by atoms with van der Waals surface area (Å²) in [5.41, 5.74) is 9.14. The van der Waals surface area contributed by atoms with Gasteiger partial charge in [0.2, 0.25) is 0 Å². The van der Waals surface area contributed by atoms with Crippen molar-refractivity contribution in [3.05, 3.63) is 47.0 Å². The summed E-state index contributed by atoms with van der Waals surface area (Å²) in [5, 5.41) is 0. The highest BCUT2D eigenvalue weighted by Gasteiger charge is 2.43. The molecule has 1 aromatic heterocycles. The summed E-state index contributed by atoms with van der Waals surface area (Å²) in [4.78, 5) is 5.67. The zero-order chi connectivity index (χ0) is 19.8. The molecule has 0 amide bonds. The summed E-state index contributed by atoms with van der Waals surface area (Å²) >= 11 is 0. The van der Waals surface area contributed by atoms with Crippen molar-refractivity contribution in [3.8, 4) is 11.1 Å². The van der Waals surface area contributed by atoms with E-state index in [-0.39, 0.29) is 30.9 Å². The van der Waals surface area contributed by atoms with Crippen LogP contribution in [0.15, 0.2) is 24.3 Å². The predicted molar refractivity (Wildman–Crippen MR) is 95.0 cm³/mol. The topological polar surface area (TPSA) is 51.4 Å². The zero-order valence-corrected chi connectivity index (χ0v) is 15.1. The van der Waals surface area contributed by atoms with Crippen molar-refractivity contribution < 1.29 is 22.3 Å². The van der Waals surface area contributed by atoms with Crippen LogP contribution >= 0.6 is 0 Å². The number of halogens is 4. The lowest BCUT2D eigenvalue weighted by Gasteiger charge is -2.35. The number of rotatable bonds is 3. The molecule has 0 saturated carbocycles. The average molecular weight is 383 g/mol. The zero-order valence-electron chi connectivity index (χ0n) is 15.1. The highest BCUT2D eigenvalue weighted by molar-refractivity contribution is 5.72. The number of aromatic nitrogens is 1. The summed E-state index contributed by atoms with van der Waals surface area (Å²) in [5.74, 6) is -0.593. The van der Waals surface area contributed by atoms with Crippen LogP contribution in [0.2, 0.25) is 0 Å². The minimum atomic E-state index is -4.49. The Labute approximate surface area is 154 Å². The largest absolute Gasteiger partial charge is 0.416 e. The van der Waals surface area contributed by atoms with Crippen LogP contribution in [0.3, 0.4) is 0 Å². The van der Waals surface area contributed by atoms with E-state index in [1.165, 1.54) is 11.0 Å². The second-order valence-corrected chi connectivity index (χ2v) is 6.61. The summed E-state index contributed by atoms with van der Waals surface area (Å²) in [7, 11) is 0. The van der Waals surface area contributed by atoms with E-state index in [0.717, 1.165) is 17.0 Å². The molecule has 2 N–H and O–H groups in total. The van der Waals surface area contributed by atoms with E-state index in [2.05, 4.69) is 4.98 Å². The lowest BCUT2D eigenvalue weighted by Crippen LogP contribution is -2.49. The van der Waals surface area contributed by atoms with Crippen molar-refractivity contribution in [3.63, 3.8) is 0 Å². The summed E-state index contributed by atoms with van der Waals surface area (Å²) in [6.07, 6.45) is -6.42. The molecule has 0 radical (unpaired) electrons. The van der Waals surface area contributed by atoms with Gasteiger partial charge in [-0.25, -0.2) is 4.39 Å². The molecular formula is C19H21F4N3O. The Morgan fingerprint density at radius 3 is 2.48 bits per heavy atom. The molecule has 1 saturated heterocycles. The monoisotopic (exact) mass is 383 g/mol. The number of ether oxygens (including phenoxy) is 1. The molecule has 8 heteroatoms. The van der Waals surface area contributed by atoms with E-state index >= 15 is 4.39 Å². The molecule has 3 rings (SSSR count). The smallest absolute Gasteiger partial charge is 0.365 e. The minimum absolute atomic E-state index is 0.0670. The van der Waals surface area contributed by atoms with Crippen LogP contribution in [0.4, 0.5) is 23.2 Å². The molecule has 0 spiro atoms. The first-order valence-electron chi connectivity index (χ1n) is 8.61. The molecule has 2 aromatic rings. The number of benzene rings is 1. The fourth-order valence-electron chi connectivity index (χ4n) is 3.38. The third-order valence-electron chi connectivity index (χ3n) is 4.59. The first-order valence-corrected chi connectivity index (χ1v) is 8.61. The van der Waals surface area contributed by atoms with E-state index in [4.69, 9.17) is 10.5 Å². The maximum atomic E-state index is 15.2. The Morgan fingerprint density at radius 2 is 1.89 bits per heavy atom. The number of aryl methyl sites for hydroxylation is 2. The SMILES string of the molecule is Cc1cc(-c2ccc(N3CCO[C@H](C(F)(F)F)C3)c(F)c2CN)cc(C)n1. The molecule has 4 nitrogen and oxygen atoms in total. The Morgan fingerprint density at radius 1 is 1.22 bits per heavy atom. The molecule has 2 heterocycles. The maximum Gasteiger partial charge on any atom is 0.416 e. The van der Waals surface area contributed by atoms with Crippen LogP contribution in [0.25, 0.3) is 11.1 Å². The molecule has 0 unspecified atom stereocenters. The van der Waals surface area contributed by atoms with Crippen LogP contribution < -0.4 is 10.6 Å². The quantitative estimate of drug-likeness (QED) is 0.821. The molecule has 27 heavy (non-hydrogen) atoms. The number of hydrogen-bond acceptors (Lipinski definition) is 4. The summed E-state index contributed by atoms with van der Waals surface area (Å²) in [6.45, 7) is 3.23. The Kier molecular flexibility index (Phi) is 5.39. The highest BCUT2D eigenvalue weighted by atomic mass is 19.4. The molecule has 1 fully saturated rings. The number of hydrogen-bond donors (Lipinski definition) is 1. The van der Waals surface area contributed by atoms with Crippen molar-refractivity contribution in [2.24, 2.45) is 5.73 Å².